The number of ether oxygens (including phenoxy) is 1. The number of halogens is 1. The predicted molar refractivity (Wildman–Crippen MR) is 106 cm³/mol. The fourth-order valence-corrected chi connectivity index (χ4v) is 3.18. The molecule has 26 heavy (non-hydrogen) atoms. The number of pyridine rings is 1. The van der Waals surface area contributed by atoms with Gasteiger partial charge in [-0.2, -0.15) is 0 Å². The molecule has 0 atom stereocenters. The van der Waals surface area contributed by atoms with Crippen LogP contribution in [0.5, 0.6) is 5.75 Å². The largest absolute Gasteiger partial charge is 0.494 e. The summed E-state index contributed by atoms with van der Waals surface area (Å²) in [6, 6.07) is 9.62. The third-order valence-electron chi connectivity index (χ3n) is 3.81. The van der Waals surface area contributed by atoms with Crippen molar-refractivity contribution in [1.82, 2.24) is 14.7 Å². The summed E-state index contributed by atoms with van der Waals surface area (Å²) >= 11 is 3.48. The molecule has 1 N–H and O–H groups in total. The van der Waals surface area contributed by atoms with Crippen LogP contribution >= 0.6 is 15.9 Å². The number of imidazole rings is 1. The van der Waals surface area contributed by atoms with Crippen molar-refractivity contribution in [3.05, 3.63) is 70.1 Å². The summed E-state index contributed by atoms with van der Waals surface area (Å²) in [5.41, 5.74) is 3.72. The number of amides is 1. The van der Waals surface area contributed by atoms with Crippen LogP contribution in [0.25, 0.3) is 11.7 Å². The number of aryl methyl sites for hydroxylation is 1. The van der Waals surface area contributed by atoms with E-state index in [-0.39, 0.29) is 5.91 Å². The molecule has 6 heteroatoms. The monoisotopic (exact) mass is 413 g/mol. The summed E-state index contributed by atoms with van der Waals surface area (Å²) in [4.78, 5) is 16.6. The van der Waals surface area contributed by atoms with Crippen molar-refractivity contribution < 1.29 is 9.53 Å². The Morgan fingerprint density at radius 1 is 1.31 bits per heavy atom. The van der Waals surface area contributed by atoms with Gasteiger partial charge in [-0.3, -0.25) is 4.79 Å². The zero-order valence-electron chi connectivity index (χ0n) is 14.7. The van der Waals surface area contributed by atoms with Crippen molar-refractivity contribution in [2.75, 3.05) is 6.61 Å². The van der Waals surface area contributed by atoms with Gasteiger partial charge in [-0.25, -0.2) is 4.98 Å². The van der Waals surface area contributed by atoms with Crippen molar-refractivity contribution in [3.8, 4) is 5.75 Å². The number of fused-ring (bicyclic) bond motifs is 1. The smallest absolute Gasteiger partial charge is 0.244 e. The van der Waals surface area contributed by atoms with Gasteiger partial charge in [-0.1, -0.05) is 12.1 Å². The Bertz CT molecular complexity index is 946. The topological polar surface area (TPSA) is 55.6 Å². The van der Waals surface area contributed by atoms with E-state index in [0.29, 0.717) is 13.2 Å². The van der Waals surface area contributed by atoms with Crippen LogP contribution in [-0.4, -0.2) is 21.9 Å². The van der Waals surface area contributed by atoms with E-state index in [1.54, 1.807) is 6.08 Å². The molecular formula is C20H20BrN3O2. The van der Waals surface area contributed by atoms with Gasteiger partial charge in [0.1, 0.15) is 11.4 Å². The molecule has 1 aromatic carbocycles. The molecule has 0 bridgehead atoms. The molecule has 2 heterocycles. The average Bonchev–Trinajstić information content (AvgIpc) is 3.03. The van der Waals surface area contributed by atoms with Gasteiger partial charge < -0.3 is 14.5 Å². The SMILES string of the molecule is CCOc1ccc(/C=C/C(=O)NCc2cn3cc(Br)cc(C)c3n2)cc1. The molecule has 0 aliphatic carbocycles. The molecule has 134 valence electrons. The van der Waals surface area contributed by atoms with Gasteiger partial charge in [-0.05, 0) is 65.2 Å². The van der Waals surface area contributed by atoms with Crippen LogP contribution in [0.4, 0.5) is 0 Å². The summed E-state index contributed by atoms with van der Waals surface area (Å²) in [5.74, 6) is 0.664. The molecule has 0 fully saturated rings. The molecule has 0 saturated heterocycles. The quantitative estimate of drug-likeness (QED) is 0.617. The van der Waals surface area contributed by atoms with Crippen LogP contribution in [0.2, 0.25) is 0 Å². The van der Waals surface area contributed by atoms with Crippen LogP contribution in [-0.2, 0) is 11.3 Å². The maximum absolute atomic E-state index is 12.0. The minimum absolute atomic E-state index is 0.158. The molecule has 0 saturated carbocycles. The van der Waals surface area contributed by atoms with Gasteiger partial charge in [-0.15, -0.1) is 0 Å². The Morgan fingerprint density at radius 3 is 2.81 bits per heavy atom. The molecule has 2 aromatic heterocycles. The highest BCUT2D eigenvalue weighted by Crippen LogP contribution is 2.17. The maximum Gasteiger partial charge on any atom is 0.244 e. The number of hydrogen-bond donors (Lipinski definition) is 1. The van der Waals surface area contributed by atoms with Gasteiger partial charge in [0.25, 0.3) is 0 Å². The summed E-state index contributed by atoms with van der Waals surface area (Å²) in [5, 5.41) is 2.86. The number of nitrogens with zero attached hydrogens (tertiary/aromatic N) is 2. The number of hydrogen-bond acceptors (Lipinski definition) is 3. The molecule has 0 unspecified atom stereocenters. The molecule has 1 amide bonds. The van der Waals surface area contributed by atoms with Crippen LogP contribution in [0.1, 0.15) is 23.7 Å². The molecule has 0 spiro atoms. The van der Waals surface area contributed by atoms with Gasteiger partial charge in [0.05, 0.1) is 18.8 Å². The number of carbonyl (C=O) groups excluding carboxylic acids is 1. The molecular weight excluding hydrogens is 394 g/mol. The lowest BCUT2D eigenvalue weighted by molar-refractivity contribution is -0.116. The number of nitrogens with one attached hydrogen (secondary N) is 1. The number of carbonyl (C=O) groups is 1. The predicted octanol–water partition coefficient (Wildman–Crippen LogP) is 4.13. The first kappa shape index (κ1) is 18.2. The second-order valence-corrected chi connectivity index (χ2v) is 6.77. The van der Waals surface area contributed by atoms with Crippen molar-refractivity contribution in [3.63, 3.8) is 0 Å². The normalized spacial score (nSPS) is 11.2. The Hall–Kier alpha value is -2.60. The first-order valence-electron chi connectivity index (χ1n) is 8.37. The van der Waals surface area contributed by atoms with E-state index in [9.17, 15) is 4.79 Å². The second kappa shape index (κ2) is 8.19. The van der Waals surface area contributed by atoms with E-state index in [0.717, 1.165) is 32.7 Å². The third-order valence-corrected chi connectivity index (χ3v) is 4.25. The Balaban J connectivity index is 1.59. The lowest BCUT2D eigenvalue weighted by Gasteiger charge is -2.02. The van der Waals surface area contributed by atoms with Gasteiger partial charge in [0, 0.05) is 22.9 Å². The van der Waals surface area contributed by atoms with E-state index in [4.69, 9.17) is 4.74 Å². The van der Waals surface area contributed by atoms with Crippen LogP contribution in [0.3, 0.4) is 0 Å². The van der Waals surface area contributed by atoms with E-state index >= 15 is 0 Å². The number of rotatable bonds is 6. The van der Waals surface area contributed by atoms with E-state index in [1.165, 1.54) is 6.08 Å². The van der Waals surface area contributed by atoms with Crippen molar-refractivity contribution in [2.45, 2.75) is 20.4 Å². The van der Waals surface area contributed by atoms with Crippen molar-refractivity contribution in [2.24, 2.45) is 0 Å². The Labute approximate surface area is 160 Å². The highest BCUT2D eigenvalue weighted by Gasteiger charge is 2.06. The van der Waals surface area contributed by atoms with Crippen molar-refractivity contribution >= 4 is 33.6 Å². The standard InChI is InChI=1S/C20H20BrN3O2/c1-3-26-18-7-4-15(5-8-18)6-9-19(25)22-11-17-13-24-12-16(21)10-14(2)20(24)23-17/h4-10,12-13H,3,11H2,1-2H3,(H,22,25)/b9-6+. The lowest BCUT2D eigenvalue weighted by Crippen LogP contribution is -2.20. The second-order valence-electron chi connectivity index (χ2n) is 5.86. The first-order chi connectivity index (χ1) is 12.5. The molecule has 3 aromatic rings. The fourth-order valence-electron chi connectivity index (χ4n) is 2.61. The maximum atomic E-state index is 12.0. The number of aromatic nitrogens is 2. The van der Waals surface area contributed by atoms with E-state index in [2.05, 4.69) is 26.2 Å². The van der Waals surface area contributed by atoms with Gasteiger partial charge >= 0.3 is 0 Å². The molecule has 3 rings (SSSR count). The molecule has 5 nitrogen and oxygen atoms in total. The highest BCUT2D eigenvalue weighted by molar-refractivity contribution is 9.10. The van der Waals surface area contributed by atoms with Gasteiger partial charge in [0.2, 0.25) is 5.91 Å². The van der Waals surface area contributed by atoms with E-state index in [1.807, 2.05) is 61.0 Å². The average molecular weight is 414 g/mol. The molecule has 0 aliphatic heterocycles. The molecule has 0 aliphatic rings. The minimum atomic E-state index is -0.158. The van der Waals surface area contributed by atoms with Gasteiger partial charge in [0.15, 0.2) is 0 Å². The summed E-state index contributed by atoms with van der Waals surface area (Å²) < 4.78 is 8.35. The van der Waals surface area contributed by atoms with Crippen LogP contribution in [0.15, 0.2) is 53.3 Å². The van der Waals surface area contributed by atoms with E-state index < -0.39 is 0 Å². The number of benzene rings is 1. The lowest BCUT2D eigenvalue weighted by atomic mass is 10.2. The first-order valence-corrected chi connectivity index (χ1v) is 9.17. The Kier molecular flexibility index (Phi) is 5.73. The zero-order valence-corrected chi connectivity index (χ0v) is 16.3. The minimum Gasteiger partial charge on any atom is -0.494 e. The van der Waals surface area contributed by atoms with Crippen LogP contribution in [0, 0.1) is 6.92 Å². The highest BCUT2D eigenvalue weighted by atomic mass is 79.9. The summed E-state index contributed by atoms with van der Waals surface area (Å²) in [6.07, 6.45) is 7.17. The fraction of sp³-hybridized carbons (Fsp3) is 0.200. The summed E-state index contributed by atoms with van der Waals surface area (Å²) in [6.45, 7) is 4.97. The third kappa shape index (κ3) is 4.52. The molecule has 0 radical (unpaired) electrons. The Morgan fingerprint density at radius 2 is 2.08 bits per heavy atom. The van der Waals surface area contributed by atoms with Crippen LogP contribution < -0.4 is 10.1 Å². The summed E-state index contributed by atoms with van der Waals surface area (Å²) in [7, 11) is 0. The van der Waals surface area contributed by atoms with Crippen molar-refractivity contribution in [1.29, 1.82) is 0 Å². The zero-order chi connectivity index (χ0) is 18.5.